The van der Waals surface area contributed by atoms with Crippen LogP contribution in [-0.2, 0) is 4.74 Å². The highest BCUT2D eigenvalue weighted by Gasteiger charge is 2.13. The lowest BCUT2D eigenvalue weighted by atomic mass is 10.2. The summed E-state index contributed by atoms with van der Waals surface area (Å²) in [6.07, 6.45) is 0. The van der Waals surface area contributed by atoms with Gasteiger partial charge in [-0.3, -0.25) is 5.41 Å². The first kappa shape index (κ1) is 14.2. The van der Waals surface area contributed by atoms with Gasteiger partial charge < -0.3 is 14.2 Å². The molecule has 4 nitrogen and oxygen atoms in total. The van der Waals surface area contributed by atoms with Crippen LogP contribution in [0, 0.1) is 5.41 Å². The summed E-state index contributed by atoms with van der Waals surface area (Å²) in [4.78, 5) is 0. The van der Waals surface area contributed by atoms with Crippen LogP contribution in [0.5, 0.6) is 11.5 Å². The number of hydrogen-bond donors (Lipinski definition) is 1. The summed E-state index contributed by atoms with van der Waals surface area (Å²) < 4.78 is 38.9. The van der Waals surface area contributed by atoms with Gasteiger partial charge in [-0.1, -0.05) is 0 Å². The molecule has 0 atom stereocenters. The van der Waals surface area contributed by atoms with Crippen LogP contribution in [0.4, 0.5) is 8.78 Å². The van der Waals surface area contributed by atoms with Crippen molar-refractivity contribution in [2.45, 2.75) is 20.5 Å². The second-order valence-electron chi connectivity index (χ2n) is 3.24. The highest BCUT2D eigenvalue weighted by molar-refractivity contribution is 5.92. The van der Waals surface area contributed by atoms with E-state index in [0.717, 1.165) is 0 Å². The molecule has 0 heterocycles. The van der Waals surface area contributed by atoms with E-state index in [9.17, 15) is 8.78 Å². The maximum Gasteiger partial charge on any atom is 0.387 e. The molecule has 0 aromatic heterocycles. The Hall–Kier alpha value is -1.85. The number of hydrogen-bond acceptors (Lipinski definition) is 4. The van der Waals surface area contributed by atoms with Gasteiger partial charge in [0, 0.05) is 5.56 Å². The third-order valence-corrected chi connectivity index (χ3v) is 2.01. The van der Waals surface area contributed by atoms with E-state index in [-0.39, 0.29) is 17.4 Å². The molecule has 0 amide bonds. The third kappa shape index (κ3) is 3.87. The molecule has 1 aromatic rings. The first-order valence-electron chi connectivity index (χ1n) is 5.51. The number of nitrogens with one attached hydrogen (secondary N) is 1. The van der Waals surface area contributed by atoms with Crippen LogP contribution in [0.3, 0.4) is 0 Å². The fraction of sp³-hybridized carbons (Fsp3) is 0.417. The Morgan fingerprint density at radius 2 is 1.94 bits per heavy atom. The van der Waals surface area contributed by atoms with E-state index in [2.05, 4.69) is 4.74 Å². The van der Waals surface area contributed by atoms with Crippen molar-refractivity contribution in [3.05, 3.63) is 23.8 Å². The summed E-state index contributed by atoms with van der Waals surface area (Å²) in [5.41, 5.74) is 0.446. The lowest BCUT2D eigenvalue weighted by molar-refractivity contribution is -0.0514. The van der Waals surface area contributed by atoms with Gasteiger partial charge in [-0.05, 0) is 32.0 Å². The highest BCUT2D eigenvalue weighted by Crippen LogP contribution is 2.30. The van der Waals surface area contributed by atoms with Gasteiger partial charge in [0.15, 0.2) is 11.5 Å². The minimum Gasteiger partial charge on any atom is -0.490 e. The second-order valence-corrected chi connectivity index (χ2v) is 3.24. The molecule has 1 N–H and O–H groups in total. The molecule has 0 aliphatic heterocycles. The first-order chi connectivity index (χ1) is 8.58. The number of ether oxygens (including phenoxy) is 3. The zero-order chi connectivity index (χ0) is 13.5. The second kappa shape index (κ2) is 6.78. The molecule has 0 aliphatic rings. The van der Waals surface area contributed by atoms with Crippen LogP contribution in [0.1, 0.15) is 19.4 Å². The molecule has 100 valence electrons. The summed E-state index contributed by atoms with van der Waals surface area (Å²) >= 11 is 0. The van der Waals surface area contributed by atoms with Crippen molar-refractivity contribution < 1.29 is 23.0 Å². The van der Waals surface area contributed by atoms with E-state index in [1.165, 1.54) is 18.2 Å². The van der Waals surface area contributed by atoms with Crippen molar-refractivity contribution >= 4 is 5.90 Å². The predicted molar refractivity (Wildman–Crippen MR) is 62.7 cm³/mol. The Morgan fingerprint density at radius 3 is 2.50 bits per heavy atom. The molecule has 0 saturated heterocycles. The first-order valence-corrected chi connectivity index (χ1v) is 5.51. The summed E-state index contributed by atoms with van der Waals surface area (Å²) in [5.74, 6) is 0.0710. The molecule has 6 heteroatoms. The van der Waals surface area contributed by atoms with E-state index in [0.29, 0.717) is 18.8 Å². The Kier molecular flexibility index (Phi) is 5.35. The zero-order valence-electron chi connectivity index (χ0n) is 10.2. The van der Waals surface area contributed by atoms with Crippen molar-refractivity contribution in [1.82, 2.24) is 0 Å². The van der Waals surface area contributed by atoms with Crippen molar-refractivity contribution in [2.75, 3.05) is 13.2 Å². The van der Waals surface area contributed by atoms with Crippen molar-refractivity contribution in [2.24, 2.45) is 0 Å². The highest BCUT2D eigenvalue weighted by atomic mass is 19.3. The molecular formula is C12H15F2NO3. The van der Waals surface area contributed by atoms with Crippen LogP contribution in [0.2, 0.25) is 0 Å². The van der Waals surface area contributed by atoms with Crippen LogP contribution in [0.15, 0.2) is 18.2 Å². The number of benzene rings is 1. The SMILES string of the molecule is CCOC(=N)c1ccc(OC(F)F)c(OCC)c1. The lowest BCUT2D eigenvalue weighted by Crippen LogP contribution is -2.08. The van der Waals surface area contributed by atoms with Gasteiger partial charge in [0.2, 0.25) is 5.90 Å². The standard InChI is InChI=1S/C12H15F2NO3/c1-3-16-10-7-8(11(15)17-4-2)5-6-9(10)18-12(13)14/h5-7,12,15H,3-4H2,1-2H3. The van der Waals surface area contributed by atoms with E-state index < -0.39 is 6.61 Å². The Bertz CT molecular complexity index is 410. The monoisotopic (exact) mass is 259 g/mol. The van der Waals surface area contributed by atoms with Gasteiger partial charge in [-0.2, -0.15) is 8.78 Å². The largest absolute Gasteiger partial charge is 0.490 e. The van der Waals surface area contributed by atoms with E-state index >= 15 is 0 Å². The molecule has 0 aliphatic carbocycles. The van der Waals surface area contributed by atoms with Crippen LogP contribution in [-0.4, -0.2) is 25.7 Å². The fourth-order valence-corrected chi connectivity index (χ4v) is 1.34. The molecule has 1 aromatic carbocycles. The average molecular weight is 259 g/mol. The Morgan fingerprint density at radius 1 is 1.22 bits per heavy atom. The van der Waals surface area contributed by atoms with Gasteiger partial charge >= 0.3 is 6.61 Å². The third-order valence-electron chi connectivity index (χ3n) is 2.01. The van der Waals surface area contributed by atoms with Gasteiger partial charge in [0.05, 0.1) is 13.2 Å². The van der Waals surface area contributed by atoms with Crippen LogP contribution >= 0.6 is 0 Å². The Balaban J connectivity index is 2.98. The number of halogens is 2. The molecule has 0 unspecified atom stereocenters. The fourth-order valence-electron chi connectivity index (χ4n) is 1.34. The molecule has 18 heavy (non-hydrogen) atoms. The van der Waals surface area contributed by atoms with E-state index in [1.54, 1.807) is 13.8 Å². The van der Waals surface area contributed by atoms with Gasteiger partial charge in [-0.15, -0.1) is 0 Å². The smallest absolute Gasteiger partial charge is 0.387 e. The van der Waals surface area contributed by atoms with Crippen molar-refractivity contribution in [1.29, 1.82) is 5.41 Å². The average Bonchev–Trinajstić information content (AvgIpc) is 2.31. The van der Waals surface area contributed by atoms with E-state index in [4.69, 9.17) is 14.9 Å². The maximum atomic E-state index is 12.2. The molecule has 0 spiro atoms. The maximum absolute atomic E-state index is 12.2. The van der Waals surface area contributed by atoms with Gasteiger partial charge in [0.25, 0.3) is 0 Å². The minimum atomic E-state index is -2.92. The minimum absolute atomic E-state index is 0.0398. The molecule has 0 bridgehead atoms. The molecule has 0 fully saturated rings. The van der Waals surface area contributed by atoms with Crippen LogP contribution < -0.4 is 9.47 Å². The summed E-state index contributed by atoms with van der Waals surface area (Å²) in [7, 11) is 0. The van der Waals surface area contributed by atoms with Crippen molar-refractivity contribution in [3.8, 4) is 11.5 Å². The van der Waals surface area contributed by atoms with Gasteiger partial charge in [0.1, 0.15) is 0 Å². The zero-order valence-corrected chi connectivity index (χ0v) is 10.2. The predicted octanol–water partition coefficient (Wildman–Crippen LogP) is 3.05. The van der Waals surface area contributed by atoms with Gasteiger partial charge in [-0.25, -0.2) is 0 Å². The molecular weight excluding hydrogens is 244 g/mol. The molecule has 0 saturated carbocycles. The normalized spacial score (nSPS) is 10.3. The van der Waals surface area contributed by atoms with Crippen LogP contribution in [0.25, 0.3) is 0 Å². The van der Waals surface area contributed by atoms with Crippen molar-refractivity contribution in [3.63, 3.8) is 0 Å². The molecule has 1 rings (SSSR count). The Labute approximate surface area is 104 Å². The van der Waals surface area contributed by atoms with E-state index in [1.807, 2.05) is 0 Å². The number of rotatable bonds is 6. The lowest BCUT2D eigenvalue weighted by Gasteiger charge is -2.13. The summed E-state index contributed by atoms with van der Waals surface area (Å²) in [6.45, 7) is 1.24. The summed E-state index contributed by atoms with van der Waals surface area (Å²) in [6, 6.07) is 4.25. The quantitative estimate of drug-likeness (QED) is 0.631. The molecule has 0 radical (unpaired) electrons. The number of alkyl halides is 2. The topological polar surface area (TPSA) is 51.5 Å². The summed E-state index contributed by atoms with van der Waals surface area (Å²) in [5, 5.41) is 7.60.